The highest BCUT2D eigenvalue weighted by Crippen LogP contribution is 2.47. The lowest BCUT2D eigenvalue weighted by Crippen LogP contribution is -2.44. The molecule has 0 radical (unpaired) electrons. The molecular weight excluding hydrogens is 236 g/mol. The molecule has 0 spiro atoms. The molecule has 2 saturated carbocycles. The third-order valence-corrected chi connectivity index (χ3v) is 3.94. The smallest absolute Gasteiger partial charge is 0.226 e. The molecule has 0 aromatic rings. The first-order valence-electron chi connectivity index (χ1n) is 6.56. The van der Waals surface area contributed by atoms with Crippen LogP contribution in [-0.4, -0.2) is 37.5 Å². The molecule has 100 valence electrons. The molecule has 3 nitrogen and oxygen atoms in total. The quantitative estimate of drug-likeness (QED) is 0.791. The minimum Gasteiger partial charge on any atom is -0.342 e. The molecule has 1 atom stereocenters. The predicted octanol–water partition coefficient (Wildman–Crippen LogP) is 1.91. The molecule has 1 unspecified atom stereocenters. The van der Waals surface area contributed by atoms with E-state index in [2.05, 4.69) is 10.2 Å². The second kappa shape index (κ2) is 6.05. The van der Waals surface area contributed by atoms with Gasteiger partial charge in [-0.05, 0) is 44.6 Å². The van der Waals surface area contributed by atoms with Crippen LogP contribution in [0.25, 0.3) is 0 Å². The normalized spacial score (nSPS) is 20.9. The molecule has 1 amide bonds. The number of halogens is 1. The van der Waals surface area contributed by atoms with Gasteiger partial charge in [0.05, 0.1) is 0 Å². The molecule has 2 aliphatic carbocycles. The van der Waals surface area contributed by atoms with Gasteiger partial charge in [-0.1, -0.05) is 6.92 Å². The van der Waals surface area contributed by atoms with Gasteiger partial charge in [0.2, 0.25) is 5.91 Å². The summed E-state index contributed by atoms with van der Waals surface area (Å²) in [6.45, 7) is 2.80. The summed E-state index contributed by atoms with van der Waals surface area (Å²) in [6.07, 6.45) is 5.33. The Morgan fingerprint density at radius 2 is 1.76 bits per heavy atom. The van der Waals surface area contributed by atoms with Crippen molar-refractivity contribution in [3.63, 3.8) is 0 Å². The highest BCUT2D eigenvalue weighted by Gasteiger charge is 2.45. The van der Waals surface area contributed by atoms with E-state index in [1.165, 1.54) is 25.7 Å². The van der Waals surface area contributed by atoms with E-state index in [1.807, 2.05) is 21.0 Å². The van der Waals surface area contributed by atoms with Gasteiger partial charge in [-0.25, -0.2) is 0 Å². The van der Waals surface area contributed by atoms with Crippen LogP contribution >= 0.6 is 12.4 Å². The zero-order valence-corrected chi connectivity index (χ0v) is 11.9. The van der Waals surface area contributed by atoms with Gasteiger partial charge in [-0.15, -0.1) is 12.4 Å². The lowest BCUT2D eigenvalue weighted by Gasteiger charge is -2.30. The van der Waals surface area contributed by atoms with Crippen molar-refractivity contribution in [1.29, 1.82) is 0 Å². The number of hydrogen-bond acceptors (Lipinski definition) is 2. The molecule has 4 heteroatoms. The Morgan fingerprint density at radius 1 is 1.29 bits per heavy atom. The SMILES string of the molecule is CNCC(C)C(=O)N(C)C(C1CC1)C1CC1.Cl. The predicted molar refractivity (Wildman–Crippen MR) is 72.3 cm³/mol. The number of carbonyl (C=O) groups excluding carboxylic acids is 1. The summed E-state index contributed by atoms with van der Waals surface area (Å²) >= 11 is 0. The first kappa shape index (κ1) is 14.8. The van der Waals surface area contributed by atoms with Crippen LogP contribution in [0.1, 0.15) is 32.6 Å². The minimum atomic E-state index is 0. The maximum absolute atomic E-state index is 12.2. The van der Waals surface area contributed by atoms with Crippen LogP contribution in [0, 0.1) is 17.8 Å². The monoisotopic (exact) mass is 260 g/mol. The number of amides is 1. The van der Waals surface area contributed by atoms with Gasteiger partial charge in [0, 0.05) is 25.6 Å². The maximum Gasteiger partial charge on any atom is 0.226 e. The Kier molecular flexibility index (Phi) is 5.26. The zero-order chi connectivity index (χ0) is 11.7. The van der Waals surface area contributed by atoms with E-state index < -0.39 is 0 Å². The van der Waals surface area contributed by atoms with Crippen LogP contribution in [0.4, 0.5) is 0 Å². The lowest BCUT2D eigenvalue weighted by molar-refractivity contribution is -0.136. The van der Waals surface area contributed by atoms with Crippen LogP contribution in [0.2, 0.25) is 0 Å². The molecule has 2 fully saturated rings. The van der Waals surface area contributed by atoms with E-state index >= 15 is 0 Å². The molecule has 0 aromatic carbocycles. The summed E-state index contributed by atoms with van der Waals surface area (Å²) in [5.41, 5.74) is 0. The highest BCUT2D eigenvalue weighted by atomic mass is 35.5. The van der Waals surface area contributed by atoms with Crippen molar-refractivity contribution in [2.75, 3.05) is 20.6 Å². The van der Waals surface area contributed by atoms with Gasteiger partial charge >= 0.3 is 0 Å². The van der Waals surface area contributed by atoms with Crippen molar-refractivity contribution in [2.45, 2.75) is 38.6 Å². The highest BCUT2D eigenvalue weighted by molar-refractivity contribution is 5.85. The molecule has 2 rings (SSSR count). The van der Waals surface area contributed by atoms with Crippen LogP contribution in [0.5, 0.6) is 0 Å². The molecule has 2 aliphatic rings. The number of rotatable bonds is 6. The summed E-state index contributed by atoms with van der Waals surface area (Å²) in [5.74, 6) is 2.04. The van der Waals surface area contributed by atoms with Gasteiger partial charge in [-0.3, -0.25) is 4.79 Å². The Morgan fingerprint density at radius 3 is 2.12 bits per heavy atom. The van der Waals surface area contributed by atoms with Crippen molar-refractivity contribution in [2.24, 2.45) is 17.8 Å². The fourth-order valence-electron chi connectivity index (χ4n) is 2.78. The van der Waals surface area contributed by atoms with Crippen molar-refractivity contribution in [1.82, 2.24) is 10.2 Å². The van der Waals surface area contributed by atoms with Gasteiger partial charge in [0.15, 0.2) is 0 Å². The Balaban J connectivity index is 0.00000144. The van der Waals surface area contributed by atoms with Crippen molar-refractivity contribution >= 4 is 18.3 Å². The van der Waals surface area contributed by atoms with E-state index in [-0.39, 0.29) is 18.3 Å². The molecule has 1 N–H and O–H groups in total. The number of nitrogens with one attached hydrogen (secondary N) is 1. The zero-order valence-electron chi connectivity index (χ0n) is 11.1. The first-order valence-corrected chi connectivity index (χ1v) is 6.56. The standard InChI is InChI=1S/C13H24N2O.ClH/c1-9(8-14-2)13(16)15(3)12(10-4-5-10)11-6-7-11;/h9-12,14H,4-8H2,1-3H3;1H. The van der Waals surface area contributed by atoms with Crippen LogP contribution in [-0.2, 0) is 4.79 Å². The molecule has 0 heterocycles. The van der Waals surface area contributed by atoms with Crippen molar-refractivity contribution in [3.8, 4) is 0 Å². The maximum atomic E-state index is 12.2. The van der Waals surface area contributed by atoms with E-state index in [4.69, 9.17) is 0 Å². The summed E-state index contributed by atoms with van der Waals surface area (Å²) < 4.78 is 0. The molecule has 0 bridgehead atoms. The minimum absolute atomic E-state index is 0. The van der Waals surface area contributed by atoms with E-state index in [0.29, 0.717) is 11.9 Å². The third-order valence-electron chi connectivity index (χ3n) is 3.94. The van der Waals surface area contributed by atoms with Crippen LogP contribution < -0.4 is 5.32 Å². The fraction of sp³-hybridized carbons (Fsp3) is 0.923. The number of carbonyl (C=O) groups is 1. The summed E-state index contributed by atoms with van der Waals surface area (Å²) in [6, 6.07) is 0.548. The first-order chi connectivity index (χ1) is 7.65. The second-order valence-electron chi connectivity index (χ2n) is 5.57. The van der Waals surface area contributed by atoms with Crippen LogP contribution in [0.15, 0.2) is 0 Å². The molecule has 0 aromatic heterocycles. The molecular formula is C13H25ClN2O. The Bertz CT molecular complexity index is 252. The Hall–Kier alpha value is -0.280. The topological polar surface area (TPSA) is 32.3 Å². The van der Waals surface area contributed by atoms with Crippen molar-refractivity contribution < 1.29 is 4.79 Å². The average molecular weight is 261 g/mol. The molecule has 17 heavy (non-hydrogen) atoms. The van der Waals surface area contributed by atoms with Gasteiger partial charge in [0.25, 0.3) is 0 Å². The van der Waals surface area contributed by atoms with Crippen LogP contribution in [0.3, 0.4) is 0 Å². The summed E-state index contributed by atoms with van der Waals surface area (Å²) in [4.78, 5) is 14.3. The lowest BCUT2D eigenvalue weighted by atomic mass is 10.0. The second-order valence-corrected chi connectivity index (χ2v) is 5.57. The summed E-state index contributed by atoms with van der Waals surface area (Å²) in [5, 5.41) is 3.08. The van der Waals surface area contributed by atoms with Gasteiger partial charge < -0.3 is 10.2 Å². The summed E-state index contributed by atoms with van der Waals surface area (Å²) in [7, 11) is 3.92. The number of nitrogens with zero attached hydrogens (tertiary/aromatic N) is 1. The van der Waals surface area contributed by atoms with Gasteiger partial charge in [-0.2, -0.15) is 0 Å². The third kappa shape index (κ3) is 3.59. The van der Waals surface area contributed by atoms with E-state index in [1.54, 1.807) is 0 Å². The molecule has 0 saturated heterocycles. The van der Waals surface area contributed by atoms with E-state index in [0.717, 1.165) is 18.4 Å². The average Bonchev–Trinajstić information content (AvgIpc) is 3.10. The largest absolute Gasteiger partial charge is 0.342 e. The Labute approximate surface area is 111 Å². The van der Waals surface area contributed by atoms with Crippen molar-refractivity contribution in [3.05, 3.63) is 0 Å². The molecule has 0 aliphatic heterocycles. The van der Waals surface area contributed by atoms with E-state index in [9.17, 15) is 4.79 Å². The number of hydrogen-bond donors (Lipinski definition) is 1. The van der Waals surface area contributed by atoms with Gasteiger partial charge in [0.1, 0.15) is 0 Å². The fourth-order valence-corrected chi connectivity index (χ4v) is 2.78.